The summed E-state index contributed by atoms with van der Waals surface area (Å²) in [6, 6.07) is 8.64. The lowest BCUT2D eigenvalue weighted by Gasteiger charge is -2.46. The molecule has 3 aromatic rings. The summed E-state index contributed by atoms with van der Waals surface area (Å²) in [5.74, 6) is -1.32. The van der Waals surface area contributed by atoms with Crippen LogP contribution in [0, 0.1) is 18.6 Å². The van der Waals surface area contributed by atoms with E-state index >= 15 is 0 Å². The number of rotatable bonds is 3. The smallest absolute Gasteiger partial charge is 0.256 e. The lowest BCUT2D eigenvalue weighted by atomic mass is 9.82. The van der Waals surface area contributed by atoms with Crippen molar-refractivity contribution in [2.45, 2.75) is 38.3 Å². The fraction of sp³-hybridized carbons (Fsp3) is 0.333. The van der Waals surface area contributed by atoms with Crippen LogP contribution >= 0.6 is 0 Å². The zero-order valence-electron chi connectivity index (χ0n) is 18.2. The first-order chi connectivity index (χ1) is 15.9. The second-order valence-electron chi connectivity index (χ2n) is 8.71. The highest BCUT2D eigenvalue weighted by molar-refractivity contribution is 5.96. The molecule has 9 heteroatoms. The Labute approximate surface area is 189 Å². The van der Waals surface area contributed by atoms with Crippen LogP contribution in [0.1, 0.15) is 40.9 Å². The van der Waals surface area contributed by atoms with E-state index in [0.29, 0.717) is 38.5 Å². The minimum absolute atomic E-state index is 0.00330. The number of carbonyl (C=O) groups is 2. The van der Waals surface area contributed by atoms with Crippen molar-refractivity contribution < 1.29 is 18.4 Å². The molecule has 1 spiro atoms. The zero-order valence-corrected chi connectivity index (χ0v) is 18.2. The molecule has 1 saturated heterocycles. The molecule has 33 heavy (non-hydrogen) atoms. The zero-order chi connectivity index (χ0) is 23.2. The summed E-state index contributed by atoms with van der Waals surface area (Å²) in [7, 11) is 0. The van der Waals surface area contributed by atoms with Gasteiger partial charge in [0.15, 0.2) is 0 Å². The highest BCUT2D eigenvalue weighted by atomic mass is 19.1. The molecule has 2 amide bonds. The molecule has 2 aliphatic rings. The normalized spacial score (nSPS) is 17.4. The van der Waals surface area contributed by atoms with Crippen LogP contribution in [0.3, 0.4) is 0 Å². The molecule has 2 aliphatic heterocycles. The largest absolute Gasteiger partial charge is 0.338 e. The van der Waals surface area contributed by atoms with Gasteiger partial charge in [0.2, 0.25) is 5.91 Å². The molecule has 0 unspecified atom stereocenters. The predicted molar refractivity (Wildman–Crippen MR) is 116 cm³/mol. The highest BCUT2D eigenvalue weighted by Crippen LogP contribution is 2.42. The number of piperidine rings is 1. The van der Waals surface area contributed by atoms with E-state index in [1.165, 1.54) is 6.07 Å². The van der Waals surface area contributed by atoms with Gasteiger partial charge in [0, 0.05) is 37.6 Å². The number of carbonyl (C=O) groups excluding carboxylic acids is 2. The number of halogens is 2. The van der Waals surface area contributed by atoms with Crippen molar-refractivity contribution in [2.75, 3.05) is 18.0 Å². The van der Waals surface area contributed by atoms with Crippen molar-refractivity contribution in [2.24, 2.45) is 0 Å². The number of pyridine rings is 1. The van der Waals surface area contributed by atoms with Crippen molar-refractivity contribution in [3.8, 4) is 0 Å². The SMILES string of the molecule is Cc1cc2n(n1)C1(CCN(C(=O)c3ccc(F)cc3F)CC1)CC(=O)N2Cc1ccncc1. The van der Waals surface area contributed by atoms with E-state index in [1.807, 2.05) is 29.8 Å². The van der Waals surface area contributed by atoms with E-state index in [9.17, 15) is 18.4 Å². The Bertz CT molecular complexity index is 1220. The van der Waals surface area contributed by atoms with Gasteiger partial charge in [-0.2, -0.15) is 5.10 Å². The van der Waals surface area contributed by atoms with Crippen LogP contribution in [0.4, 0.5) is 14.6 Å². The van der Waals surface area contributed by atoms with Crippen LogP contribution in [-0.4, -0.2) is 44.6 Å². The molecule has 2 aromatic heterocycles. The summed E-state index contributed by atoms with van der Waals surface area (Å²) >= 11 is 0. The maximum Gasteiger partial charge on any atom is 0.256 e. The standard InChI is InChI=1S/C24H23F2N5O2/c1-16-12-21-30(15-17-4-8-27-9-5-17)22(32)14-24(31(21)28-16)6-10-29(11-7-24)23(33)19-3-2-18(25)13-20(19)26/h2-5,8-9,12-13H,6-7,10-11,14-15H2,1H3. The first kappa shape index (κ1) is 21.2. The highest BCUT2D eigenvalue weighted by Gasteiger charge is 2.46. The summed E-state index contributed by atoms with van der Waals surface area (Å²) in [6.45, 7) is 3.03. The maximum absolute atomic E-state index is 14.1. The summed E-state index contributed by atoms with van der Waals surface area (Å²) in [6.07, 6.45) is 4.71. The predicted octanol–water partition coefficient (Wildman–Crippen LogP) is 3.43. The Morgan fingerprint density at radius 2 is 1.82 bits per heavy atom. The molecule has 0 radical (unpaired) electrons. The van der Waals surface area contributed by atoms with E-state index in [0.717, 1.165) is 23.1 Å². The van der Waals surface area contributed by atoms with Gasteiger partial charge >= 0.3 is 0 Å². The van der Waals surface area contributed by atoms with Gasteiger partial charge in [-0.05, 0) is 49.6 Å². The van der Waals surface area contributed by atoms with Crippen LogP contribution < -0.4 is 4.90 Å². The first-order valence-electron chi connectivity index (χ1n) is 10.9. The second kappa shape index (κ2) is 8.06. The molecule has 7 nitrogen and oxygen atoms in total. The van der Waals surface area contributed by atoms with Gasteiger partial charge in [0.05, 0.1) is 29.8 Å². The van der Waals surface area contributed by atoms with E-state index in [4.69, 9.17) is 5.10 Å². The lowest BCUT2D eigenvalue weighted by Crippen LogP contribution is -2.54. The van der Waals surface area contributed by atoms with Crippen molar-refractivity contribution in [1.29, 1.82) is 0 Å². The average molecular weight is 451 g/mol. The summed E-state index contributed by atoms with van der Waals surface area (Å²) < 4.78 is 29.3. The van der Waals surface area contributed by atoms with Crippen molar-refractivity contribution in [1.82, 2.24) is 19.7 Å². The number of likely N-dealkylation sites (tertiary alicyclic amines) is 1. The lowest BCUT2D eigenvalue weighted by molar-refractivity contribution is -0.123. The molecular formula is C24H23F2N5O2. The first-order valence-corrected chi connectivity index (χ1v) is 10.9. The number of amides is 2. The Hall–Kier alpha value is -3.62. The molecule has 1 fully saturated rings. The fourth-order valence-corrected chi connectivity index (χ4v) is 4.79. The van der Waals surface area contributed by atoms with Crippen LogP contribution in [0.25, 0.3) is 0 Å². The van der Waals surface area contributed by atoms with Gasteiger partial charge in [-0.25, -0.2) is 13.5 Å². The second-order valence-corrected chi connectivity index (χ2v) is 8.71. The van der Waals surface area contributed by atoms with Crippen LogP contribution in [0.2, 0.25) is 0 Å². The number of hydrogen-bond donors (Lipinski definition) is 0. The van der Waals surface area contributed by atoms with E-state index in [1.54, 1.807) is 22.2 Å². The van der Waals surface area contributed by atoms with Crippen molar-refractivity contribution in [3.63, 3.8) is 0 Å². The maximum atomic E-state index is 14.1. The van der Waals surface area contributed by atoms with Gasteiger partial charge < -0.3 is 4.90 Å². The third-order valence-electron chi connectivity index (χ3n) is 6.55. The fourth-order valence-electron chi connectivity index (χ4n) is 4.79. The number of anilines is 1. The van der Waals surface area contributed by atoms with Crippen molar-refractivity contribution in [3.05, 3.63) is 77.2 Å². The number of nitrogens with zero attached hydrogens (tertiary/aromatic N) is 5. The Kier molecular flexibility index (Phi) is 5.19. The van der Waals surface area contributed by atoms with E-state index in [2.05, 4.69) is 4.98 Å². The average Bonchev–Trinajstić information content (AvgIpc) is 3.20. The van der Waals surface area contributed by atoms with Gasteiger partial charge in [-0.1, -0.05) is 0 Å². The summed E-state index contributed by atoms with van der Waals surface area (Å²) in [4.78, 5) is 33.4. The Morgan fingerprint density at radius 1 is 1.09 bits per heavy atom. The monoisotopic (exact) mass is 451 g/mol. The quantitative estimate of drug-likeness (QED) is 0.612. The third kappa shape index (κ3) is 3.77. The molecule has 0 N–H and O–H groups in total. The van der Waals surface area contributed by atoms with Gasteiger partial charge in [-0.15, -0.1) is 0 Å². The Balaban J connectivity index is 1.38. The van der Waals surface area contributed by atoms with Crippen molar-refractivity contribution >= 4 is 17.6 Å². The molecule has 4 heterocycles. The van der Waals surface area contributed by atoms with E-state index < -0.39 is 23.1 Å². The van der Waals surface area contributed by atoms with Gasteiger partial charge in [-0.3, -0.25) is 19.5 Å². The van der Waals surface area contributed by atoms with Crippen LogP contribution in [0.15, 0.2) is 48.8 Å². The number of fused-ring (bicyclic) bond motifs is 2. The number of aromatic nitrogens is 3. The molecule has 1 aromatic carbocycles. The Morgan fingerprint density at radius 3 is 2.52 bits per heavy atom. The van der Waals surface area contributed by atoms with Crippen LogP contribution in [0.5, 0.6) is 0 Å². The molecule has 5 rings (SSSR count). The van der Waals surface area contributed by atoms with Gasteiger partial charge in [0.1, 0.15) is 17.5 Å². The molecule has 0 bridgehead atoms. The third-order valence-corrected chi connectivity index (χ3v) is 6.55. The summed E-state index contributed by atoms with van der Waals surface area (Å²) in [5.41, 5.74) is 1.10. The minimum Gasteiger partial charge on any atom is -0.338 e. The topological polar surface area (TPSA) is 71.3 Å². The van der Waals surface area contributed by atoms with Crippen LogP contribution in [-0.2, 0) is 16.9 Å². The minimum atomic E-state index is -0.870. The van der Waals surface area contributed by atoms with E-state index in [-0.39, 0.29) is 17.9 Å². The number of aryl methyl sites for hydroxylation is 1. The molecule has 0 aliphatic carbocycles. The molecule has 0 atom stereocenters. The summed E-state index contributed by atoms with van der Waals surface area (Å²) in [5, 5.41) is 4.71. The number of benzene rings is 1. The molecule has 170 valence electrons. The molecule has 0 saturated carbocycles. The molecular weight excluding hydrogens is 428 g/mol. The number of hydrogen-bond acceptors (Lipinski definition) is 4. The van der Waals surface area contributed by atoms with Gasteiger partial charge in [0.25, 0.3) is 5.91 Å².